The number of ether oxygens (including phenoxy) is 2. The Balaban J connectivity index is -0.000000180. The van der Waals surface area contributed by atoms with Gasteiger partial charge in [-0.15, -0.1) is 0 Å². The van der Waals surface area contributed by atoms with Crippen LogP contribution in [-0.4, -0.2) is 60.3 Å². The molecule has 0 aromatic rings. The first-order chi connectivity index (χ1) is 7.92. The first-order valence-electron chi connectivity index (χ1n) is 5.04. The third-order valence-corrected chi connectivity index (χ3v) is 0.819. The number of carboxylic acids is 1. The zero-order chi connectivity index (χ0) is 14.1. The summed E-state index contributed by atoms with van der Waals surface area (Å²) in [4.78, 5) is 18.8. The number of hydrogen-bond donors (Lipinski definition) is 3. The summed E-state index contributed by atoms with van der Waals surface area (Å²) in [5.74, 6) is -1.04. The average molecular weight is 254 g/mol. The van der Waals surface area contributed by atoms with Crippen molar-refractivity contribution in [1.82, 2.24) is 0 Å². The second-order valence-electron chi connectivity index (χ2n) is 2.50. The largest absolute Gasteiger partial charge is 0.481 e. The highest BCUT2D eigenvalue weighted by atomic mass is 16.5. The maximum atomic E-state index is 9.82. The minimum atomic E-state index is -0.833. The highest BCUT2D eigenvalue weighted by Gasteiger charge is 1.81. The molecule has 0 spiro atoms. The number of carbonyl (C=O) groups excluding carboxylic acids is 1. The molecule has 0 aromatic heterocycles. The SMILES string of the molecule is CC(=O)O.CCOC(C)=O.OCCOCCO. The van der Waals surface area contributed by atoms with Crippen LogP contribution in [0.15, 0.2) is 0 Å². The number of hydrogen-bond acceptors (Lipinski definition) is 6. The van der Waals surface area contributed by atoms with Crippen molar-refractivity contribution < 1.29 is 34.4 Å². The van der Waals surface area contributed by atoms with Crippen LogP contribution in [0.4, 0.5) is 0 Å². The fourth-order valence-corrected chi connectivity index (χ4v) is 0.434. The van der Waals surface area contributed by atoms with Gasteiger partial charge < -0.3 is 24.8 Å². The van der Waals surface area contributed by atoms with E-state index in [0.717, 1.165) is 6.92 Å². The molecule has 7 heteroatoms. The Bertz CT molecular complexity index is 162. The third kappa shape index (κ3) is 71.9. The Kier molecular flexibility index (Phi) is 25.2. The first kappa shape index (κ1) is 21.1. The summed E-state index contributed by atoms with van der Waals surface area (Å²) < 4.78 is 9.03. The molecule has 0 aromatic carbocycles. The average Bonchev–Trinajstić information content (AvgIpc) is 2.18. The monoisotopic (exact) mass is 254 g/mol. The second kappa shape index (κ2) is 20.3. The summed E-state index contributed by atoms with van der Waals surface area (Å²) >= 11 is 0. The van der Waals surface area contributed by atoms with E-state index in [2.05, 4.69) is 9.47 Å². The van der Waals surface area contributed by atoms with E-state index in [1.54, 1.807) is 6.92 Å². The maximum absolute atomic E-state index is 9.82. The molecule has 0 aliphatic heterocycles. The van der Waals surface area contributed by atoms with E-state index in [-0.39, 0.29) is 19.2 Å². The molecule has 104 valence electrons. The molecule has 0 rings (SSSR count). The van der Waals surface area contributed by atoms with E-state index < -0.39 is 5.97 Å². The van der Waals surface area contributed by atoms with Crippen LogP contribution >= 0.6 is 0 Å². The molecular weight excluding hydrogens is 232 g/mol. The Labute approximate surface area is 101 Å². The minimum Gasteiger partial charge on any atom is -0.481 e. The Morgan fingerprint density at radius 2 is 1.41 bits per heavy atom. The van der Waals surface area contributed by atoms with Crippen molar-refractivity contribution in [2.75, 3.05) is 33.0 Å². The van der Waals surface area contributed by atoms with Crippen LogP contribution in [0.1, 0.15) is 20.8 Å². The molecule has 0 radical (unpaired) electrons. The van der Waals surface area contributed by atoms with Crippen molar-refractivity contribution in [3.63, 3.8) is 0 Å². The van der Waals surface area contributed by atoms with Crippen molar-refractivity contribution >= 4 is 11.9 Å². The van der Waals surface area contributed by atoms with Gasteiger partial charge in [0.1, 0.15) is 0 Å². The third-order valence-electron chi connectivity index (χ3n) is 0.819. The van der Waals surface area contributed by atoms with Crippen molar-refractivity contribution in [1.29, 1.82) is 0 Å². The van der Waals surface area contributed by atoms with E-state index in [4.69, 9.17) is 20.1 Å². The number of aliphatic hydroxyl groups excluding tert-OH is 2. The summed E-state index contributed by atoms with van der Waals surface area (Å²) in [6.45, 7) is 5.43. The predicted molar refractivity (Wildman–Crippen MR) is 60.6 cm³/mol. The minimum absolute atomic E-state index is 0.0278. The highest BCUT2D eigenvalue weighted by molar-refractivity contribution is 5.65. The van der Waals surface area contributed by atoms with Gasteiger partial charge in [0.15, 0.2) is 0 Å². The van der Waals surface area contributed by atoms with Gasteiger partial charge in [-0.1, -0.05) is 0 Å². The number of aliphatic hydroxyl groups is 2. The number of esters is 1. The maximum Gasteiger partial charge on any atom is 0.302 e. The van der Waals surface area contributed by atoms with Crippen molar-refractivity contribution in [3.05, 3.63) is 0 Å². The number of carbonyl (C=O) groups is 2. The quantitative estimate of drug-likeness (QED) is 0.454. The first-order valence-corrected chi connectivity index (χ1v) is 5.04. The van der Waals surface area contributed by atoms with Gasteiger partial charge >= 0.3 is 5.97 Å². The fourth-order valence-electron chi connectivity index (χ4n) is 0.434. The standard InChI is InChI=1S/C4H10O3.C4H8O2.C2H4O2/c5-1-3-7-4-2-6;1-3-6-4(2)5;1-2(3)4/h5-6H,1-4H2;3H2,1-2H3;1H3,(H,3,4). The van der Waals surface area contributed by atoms with E-state index in [0.29, 0.717) is 19.8 Å². The molecule has 0 amide bonds. The van der Waals surface area contributed by atoms with Gasteiger partial charge in [0.2, 0.25) is 0 Å². The molecule has 0 saturated heterocycles. The fraction of sp³-hybridized carbons (Fsp3) is 0.800. The van der Waals surface area contributed by atoms with E-state index >= 15 is 0 Å². The summed E-state index contributed by atoms with van der Waals surface area (Å²) in [6, 6.07) is 0. The molecule has 0 aliphatic carbocycles. The van der Waals surface area contributed by atoms with Crippen LogP contribution in [0.5, 0.6) is 0 Å². The van der Waals surface area contributed by atoms with Gasteiger partial charge in [-0.25, -0.2) is 0 Å². The number of rotatable bonds is 5. The molecule has 0 unspecified atom stereocenters. The molecule has 17 heavy (non-hydrogen) atoms. The predicted octanol–water partition coefficient (Wildman–Crippen LogP) is -0.352. The molecule has 0 aliphatic rings. The van der Waals surface area contributed by atoms with Gasteiger partial charge in [-0.3, -0.25) is 9.59 Å². The normalized spacial score (nSPS) is 8.06. The van der Waals surface area contributed by atoms with Crippen LogP contribution in [0.2, 0.25) is 0 Å². The molecule has 0 fully saturated rings. The van der Waals surface area contributed by atoms with Crippen molar-refractivity contribution in [2.24, 2.45) is 0 Å². The lowest BCUT2D eigenvalue weighted by molar-refractivity contribution is -0.140. The molecule has 0 saturated carbocycles. The Morgan fingerprint density at radius 1 is 1.06 bits per heavy atom. The van der Waals surface area contributed by atoms with Gasteiger partial charge in [0.25, 0.3) is 5.97 Å². The van der Waals surface area contributed by atoms with Gasteiger partial charge in [-0.2, -0.15) is 0 Å². The van der Waals surface area contributed by atoms with Gasteiger partial charge in [0.05, 0.1) is 33.0 Å². The van der Waals surface area contributed by atoms with Crippen molar-refractivity contribution in [3.8, 4) is 0 Å². The van der Waals surface area contributed by atoms with E-state index in [9.17, 15) is 4.79 Å². The van der Waals surface area contributed by atoms with Crippen LogP contribution in [0.25, 0.3) is 0 Å². The number of aliphatic carboxylic acids is 1. The lowest BCUT2D eigenvalue weighted by Gasteiger charge is -1.94. The molecule has 7 nitrogen and oxygen atoms in total. The van der Waals surface area contributed by atoms with Crippen LogP contribution in [-0.2, 0) is 19.1 Å². The lowest BCUT2D eigenvalue weighted by atomic mass is 10.7. The molecule has 3 N–H and O–H groups in total. The zero-order valence-corrected chi connectivity index (χ0v) is 10.5. The second-order valence-corrected chi connectivity index (χ2v) is 2.50. The summed E-state index contributed by atoms with van der Waals surface area (Å²) in [5, 5.41) is 23.6. The summed E-state index contributed by atoms with van der Waals surface area (Å²) in [6.07, 6.45) is 0. The molecule has 0 heterocycles. The Hall–Kier alpha value is -1.18. The molecule has 0 bridgehead atoms. The highest BCUT2D eigenvalue weighted by Crippen LogP contribution is 1.69. The smallest absolute Gasteiger partial charge is 0.302 e. The van der Waals surface area contributed by atoms with Crippen molar-refractivity contribution in [2.45, 2.75) is 20.8 Å². The topological polar surface area (TPSA) is 113 Å². The molecular formula is C10H22O7. The van der Waals surface area contributed by atoms with Crippen LogP contribution < -0.4 is 0 Å². The van der Waals surface area contributed by atoms with E-state index in [1.807, 2.05) is 0 Å². The van der Waals surface area contributed by atoms with E-state index in [1.165, 1.54) is 6.92 Å². The summed E-state index contributed by atoms with van der Waals surface area (Å²) in [7, 11) is 0. The summed E-state index contributed by atoms with van der Waals surface area (Å²) in [5.41, 5.74) is 0. The Morgan fingerprint density at radius 3 is 1.53 bits per heavy atom. The van der Waals surface area contributed by atoms with Gasteiger partial charge in [0, 0.05) is 13.8 Å². The van der Waals surface area contributed by atoms with Gasteiger partial charge in [-0.05, 0) is 6.92 Å². The van der Waals surface area contributed by atoms with Crippen LogP contribution in [0.3, 0.4) is 0 Å². The molecule has 0 atom stereocenters. The number of carboxylic acid groups (broad SMARTS) is 1. The van der Waals surface area contributed by atoms with Crippen LogP contribution in [0, 0.1) is 0 Å². The lowest BCUT2D eigenvalue weighted by Crippen LogP contribution is -2.03. The zero-order valence-electron chi connectivity index (χ0n) is 10.5.